The van der Waals surface area contributed by atoms with E-state index >= 15 is 0 Å². The summed E-state index contributed by atoms with van der Waals surface area (Å²) in [7, 11) is 0. The number of hydrogen-bond donors (Lipinski definition) is 3. The second-order valence-electron chi connectivity index (χ2n) is 8.04. The Morgan fingerprint density at radius 1 is 1.23 bits per heavy atom. The second kappa shape index (κ2) is 10.7. The molecule has 0 saturated carbocycles. The number of rotatable bonds is 10. The van der Waals surface area contributed by atoms with Crippen LogP contribution >= 0.6 is 0 Å². The highest BCUT2D eigenvalue weighted by molar-refractivity contribution is 5.82. The normalized spacial score (nSPS) is 11.0. The van der Waals surface area contributed by atoms with Gasteiger partial charge in [-0.3, -0.25) is 19.1 Å². The van der Waals surface area contributed by atoms with E-state index in [1.165, 1.54) is 4.57 Å². The molecular formula is C22H33N5O3. The lowest BCUT2D eigenvalue weighted by Gasteiger charge is -2.27. The summed E-state index contributed by atoms with van der Waals surface area (Å²) in [6.07, 6.45) is 1.65. The van der Waals surface area contributed by atoms with Crippen LogP contribution in [0.3, 0.4) is 0 Å². The minimum Gasteiger partial charge on any atom is -0.383 e. The first-order valence-corrected chi connectivity index (χ1v) is 10.4. The smallest absolute Gasteiger partial charge is 0.330 e. The van der Waals surface area contributed by atoms with Crippen LogP contribution in [-0.2, 0) is 17.9 Å². The molecule has 2 aromatic rings. The average Bonchev–Trinajstić information content (AvgIpc) is 2.66. The Labute approximate surface area is 177 Å². The van der Waals surface area contributed by atoms with Crippen LogP contribution in [0.5, 0.6) is 0 Å². The lowest BCUT2D eigenvalue weighted by atomic mass is 10.1. The van der Waals surface area contributed by atoms with Crippen LogP contribution in [0.25, 0.3) is 0 Å². The highest BCUT2D eigenvalue weighted by Gasteiger charge is 2.21. The monoisotopic (exact) mass is 415 g/mol. The van der Waals surface area contributed by atoms with Crippen molar-refractivity contribution in [3.05, 3.63) is 56.2 Å². The van der Waals surface area contributed by atoms with Gasteiger partial charge in [0, 0.05) is 19.6 Å². The predicted molar refractivity (Wildman–Crippen MR) is 121 cm³/mol. The van der Waals surface area contributed by atoms with Crippen molar-refractivity contribution in [2.75, 3.05) is 23.7 Å². The van der Waals surface area contributed by atoms with Crippen molar-refractivity contribution in [2.45, 2.75) is 53.6 Å². The Hall–Kier alpha value is -3.03. The van der Waals surface area contributed by atoms with Crippen LogP contribution in [0, 0.1) is 12.8 Å². The fourth-order valence-electron chi connectivity index (χ4n) is 3.23. The minimum absolute atomic E-state index is 0.0245. The maximum Gasteiger partial charge on any atom is 0.330 e. The number of carbonyl (C=O) groups is 1. The van der Waals surface area contributed by atoms with Crippen molar-refractivity contribution in [3.8, 4) is 0 Å². The molecule has 164 valence electrons. The number of H-pyrrole nitrogens is 1. The number of aromatic amines is 1. The molecule has 0 atom stereocenters. The van der Waals surface area contributed by atoms with Gasteiger partial charge < -0.3 is 16.0 Å². The van der Waals surface area contributed by atoms with Gasteiger partial charge in [-0.25, -0.2) is 4.79 Å². The van der Waals surface area contributed by atoms with Crippen molar-refractivity contribution >= 4 is 17.4 Å². The minimum atomic E-state index is -0.572. The van der Waals surface area contributed by atoms with Gasteiger partial charge in [0.05, 0.1) is 6.54 Å². The number of aryl methyl sites for hydroxylation is 1. The molecular weight excluding hydrogens is 382 g/mol. The van der Waals surface area contributed by atoms with E-state index in [4.69, 9.17) is 5.73 Å². The topological polar surface area (TPSA) is 113 Å². The second-order valence-corrected chi connectivity index (χ2v) is 8.04. The van der Waals surface area contributed by atoms with Crippen LogP contribution in [-0.4, -0.2) is 28.5 Å². The van der Waals surface area contributed by atoms with Crippen LogP contribution in [0.15, 0.2) is 33.9 Å². The largest absolute Gasteiger partial charge is 0.383 e. The zero-order chi connectivity index (χ0) is 22.3. The van der Waals surface area contributed by atoms with Gasteiger partial charge in [-0.2, -0.15) is 0 Å². The lowest BCUT2D eigenvalue weighted by molar-refractivity contribution is -0.119. The number of nitrogen functional groups attached to an aromatic ring is 1. The Kier molecular flexibility index (Phi) is 8.26. The number of anilines is 2. The van der Waals surface area contributed by atoms with E-state index in [0.717, 1.165) is 24.0 Å². The summed E-state index contributed by atoms with van der Waals surface area (Å²) >= 11 is 0. The van der Waals surface area contributed by atoms with Crippen LogP contribution in [0.4, 0.5) is 11.5 Å². The summed E-state index contributed by atoms with van der Waals surface area (Å²) in [4.78, 5) is 41.4. The SMILES string of the molecule is CCCCn1c(N)c(N(CC(=O)NCc2ccc(C)cc2)CC(C)C)c(=O)[nH]c1=O. The number of aromatic nitrogens is 2. The van der Waals surface area contributed by atoms with E-state index in [2.05, 4.69) is 10.3 Å². The summed E-state index contributed by atoms with van der Waals surface area (Å²) in [6.45, 7) is 9.26. The van der Waals surface area contributed by atoms with E-state index in [9.17, 15) is 14.4 Å². The summed E-state index contributed by atoms with van der Waals surface area (Å²) in [6, 6.07) is 7.92. The van der Waals surface area contributed by atoms with Gasteiger partial charge in [0.1, 0.15) is 11.5 Å². The highest BCUT2D eigenvalue weighted by Crippen LogP contribution is 2.18. The molecule has 4 N–H and O–H groups in total. The maximum absolute atomic E-state index is 12.6. The first kappa shape index (κ1) is 23.3. The Morgan fingerprint density at radius 3 is 2.50 bits per heavy atom. The third-order valence-corrected chi connectivity index (χ3v) is 4.80. The lowest BCUT2D eigenvalue weighted by Crippen LogP contribution is -2.44. The van der Waals surface area contributed by atoms with Gasteiger partial charge in [0.2, 0.25) is 5.91 Å². The number of nitrogens with two attached hydrogens (primary N) is 1. The predicted octanol–water partition coefficient (Wildman–Crippen LogP) is 2.01. The third-order valence-electron chi connectivity index (χ3n) is 4.80. The van der Waals surface area contributed by atoms with Gasteiger partial charge in [0.25, 0.3) is 5.56 Å². The van der Waals surface area contributed by atoms with E-state index in [1.807, 2.05) is 52.0 Å². The summed E-state index contributed by atoms with van der Waals surface area (Å²) < 4.78 is 1.37. The molecule has 0 aliphatic rings. The molecule has 0 radical (unpaired) electrons. The van der Waals surface area contributed by atoms with E-state index in [0.29, 0.717) is 19.6 Å². The molecule has 0 aliphatic heterocycles. The maximum atomic E-state index is 12.6. The van der Waals surface area contributed by atoms with Crippen molar-refractivity contribution in [2.24, 2.45) is 5.92 Å². The van der Waals surface area contributed by atoms with Crippen molar-refractivity contribution in [1.82, 2.24) is 14.9 Å². The molecule has 2 rings (SSSR count). The van der Waals surface area contributed by atoms with Crippen molar-refractivity contribution in [1.29, 1.82) is 0 Å². The van der Waals surface area contributed by atoms with Gasteiger partial charge in [-0.05, 0) is 24.8 Å². The van der Waals surface area contributed by atoms with Gasteiger partial charge >= 0.3 is 5.69 Å². The average molecular weight is 416 g/mol. The summed E-state index contributed by atoms with van der Waals surface area (Å²) in [5.41, 5.74) is 7.45. The highest BCUT2D eigenvalue weighted by atomic mass is 16.2. The number of nitrogens with one attached hydrogen (secondary N) is 2. The molecule has 1 heterocycles. The third kappa shape index (κ3) is 6.23. The fourth-order valence-corrected chi connectivity index (χ4v) is 3.23. The Bertz CT molecular complexity index is 960. The molecule has 1 aromatic carbocycles. The molecule has 0 spiro atoms. The number of amides is 1. The molecule has 0 saturated heterocycles. The molecule has 8 heteroatoms. The quantitative estimate of drug-likeness (QED) is 0.549. The van der Waals surface area contributed by atoms with Crippen molar-refractivity contribution in [3.63, 3.8) is 0 Å². The first-order chi connectivity index (χ1) is 14.2. The Morgan fingerprint density at radius 2 is 1.90 bits per heavy atom. The van der Waals surface area contributed by atoms with Gasteiger partial charge in [-0.1, -0.05) is 57.0 Å². The van der Waals surface area contributed by atoms with Gasteiger partial charge in [-0.15, -0.1) is 0 Å². The zero-order valence-corrected chi connectivity index (χ0v) is 18.3. The summed E-state index contributed by atoms with van der Waals surface area (Å²) in [5.74, 6) is 0.0650. The number of benzene rings is 1. The number of unbranched alkanes of at least 4 members (excludes halogenated alkanes) is 1. The standard InChI is InChI=1S/C22H33N5O3/c1-5-6-11-27-20(23)19(21(29)25-22(27)30)26(13-15(2)3)14-18(28)24-12-17-9-7-16(4)8-10-17/h7-10,15H,5-6,11-14,23H2,1-4H3,(H,24,28)(H,25,29,30). The number of hydrogen-bond acceptors (Lipinski definition) is 5. The number of carbonyl (C=O) groups excluding carboxylic acids is 1. The van der Waals surface area contributed by atoms with Gasteiger partial charge in [0.15, 0.2) is 0 Å². The van der Waals surface area contributed by atoms with Crippen LogP contribution in [0.1, 0.15) is 44.7 Å². The van der Waals surface area contributed by atoms with E-state index in [1.54, 1.807) is 4.90 Å². The molecule has 0 bridgehead atoms. The summed E-state index contributed by atoms with van der Waals surface area (Å²) in [5, 5.41) is 2.89. The molecule has 0 fully saturated rings. The molecule has 0 unspecified atom stereocenters. The fraction of sp³-hybridized carbons (Fsp3) is 0.500. The van der Waals surface area contributed by atoms with Crippen molar-refractivity contribution < 1.29 is 4.79 Å². The molecule has 0 aliphatic carbocycles. The zero-order valence-electron chi connectivity index (χ0n) is 18.3. The number of nitrogens with zero attached hydrogens (tertiary/aromatic N) is 2. The van der Waals surface area contributed by atoms with E-state index < -0.39 is 11.2 Å². The Balaban J connectivity index is 2.24. The molecule has 30 heavy (non-hydrogen) atoms. The van der Waals surface area contributed by atoms with Crippen LogP contribution in [0.2, 0.25) is 0 Å². The van der Waals surface area contributed by atoms with Crippen LogP contribution < -0.4 is 27.2 Å². The molecule has 1 aromatic heterocycles. The molecule has 8 nitrogen and oxygen atoms in total. The van der Waals surface area contributed by atoms with E-state index in [-0.39, 0.29) is 29.9 Å². The first-order valence-electron chi connectivity index (χ1n) is 10.4. The molecule has 1 amide bonds.